The Morgan fingerprint density at radius 3 is 2.57 bits per heavy atom. The van der Waals surface area contributed by atoms with Crippen molar-refractivity contribution < 1.29 is 9.59 Å². The van der Waals surface area contributed by atoms with Gasteiger partial charge in [0.1, 0.15) is 6.04 Å². The largest absolute Gasteiger partial charge is 0.369 e. The van der Waals surface area contributed by atoms with Gasteiger partial charge in [-0.25, -0.2) is 0 Å². The number of hydrogen-bond acceptors (Lipinski definition) is 4. The van der Waals surface area contributed by atoms with Gasteiger partial charge in [0.15, 0.2) is 0 Å². The maximum Gasteiger partial charge on any atom is 0.243 e. The molecule has 7 heteroatoms. The molecule has 2 aliphatic rings. The average Bonchev–Trinajstić information content (AvgIpc) is 3.14. The molecule has 1 saturated heterocycles. The first kappa shape index (κ1) is 20.7. The summed E-state index contributed by atoms with van der Waals surface area (Å²) in [5.74, 6) is -0.184. The van der Waals surface area contributed by atoms with Crippen molar-refractivity contribution >= 4 is 34.8 Å². The molecular formula is C23H27ClN4O2. The van der Waals surface area contributed by atoms with E-state index in [-0.39, 0.29) is 11.8 Å². The van der Waals surface area contributed by atoms with Crippen LogP contribution in [0.3, 0.4) is 0 Å². The highest BCUT2D eigenvalue weighted by molar-refractivity contribution is 6.30. The van der Waals surface area contributed by atoms with Crippen LogP contribution in [-0.4, -0.2) is 62.0 Å². The van der Waals surface area contributed by atoms with Gasteiger partial charge in [-0.2, -0.15) is 0 Å². The zero-order chi connectivity index (χ0) is 21.1. The van der Waals surface area contributed by atoms with E-state index in [1.54, 1.807) is 4.90 Å². The van der Waals surface area contributed by atoms with E-state index in [4.69, 9.17) is 11.6 Å². The maximum atomic E-state index is 12.8. The van der Waals surface area contributed by atoms with Gasteiger partial charge in [0, 0.05) is 69.0 Å². The number of nitrogens with zero attached hydrogens (tertiary/aromatic N) is 3. The zero-order valence-electron chi connectivity index (χ0n) is 17.2. The molecule has 0 aromatic heterocycles. The second-order valence-electron chi connectivity index (χ2n) is 7.84. The molecule has 6 nitrogen and oxygen atoms in total. The second kappa shape index (κ2) is 9.06. The number of amides is 2. The van der Waals surface area contributed by atoms with Gasteiger partial charge in [-0.05, 0) is 29.8 Å². The number of para-hydroxylation sites is 1. The summed E-state index contributed by atoms with van der Waals surface area (Å²) < 4.78 is 0. The molecule has 4 rings (SSSR count). The van der Waals surface area contributed by atoms with Crippen LogP contribution in [-0.2, 0) is 16.0 Å². The minimum atomic E-state index is -0.459. The second-order valence-corrected chi connectivity index (χ2v) is 8.27. The molecule has 2 aromatic rings. The van der Waals surface area contributed by atoms with Gasteiger partial charge in [0.2, 0.25) is 11.8 Å². The third-order valence-corrected chi connectivity index (χ3v) is 6.13. The van der Waals surface area contributed by atoms with Crippen molar-refractivity contribution in [1.29, 1.82) is 0 Å². The van der Waals surface area contributed by atoms with Gasteiger partial charge in [-0.15, -0.1) is 0 Å². The fraction of sp³-hybridized carbons (Fsp3) is 0.391. The van der Waals surface area contributed by atoms with Crippen LogP contribution in [0.4, 0.5) is 11.4 Å². The number of anilines is 2. The van der Waals surface area contributed by atoms with Crippen molar-refractivity contribution in [3.05, 3.63) is 59.1 Å². The highest BCUT2D eigenvalue weighted by Crippen LogP contribution is 2.32. The molecule has 0 spiro atoms. The summed E-state index contributed by atoms with van der Waals surface area (Å²) in [6, 6.07) is 15.2. The summed E-state index contributed by atoms with van der Waals surface area (Å²) in [6.07, 6.45) is 0.569. The molecule has 1 fully saturated rings. The third kappa shape index (κ3) is 4.45. The number of piperazine rings is 1. The maximum absolute atomic E-state index is 12.8. The number of carbonyl (C=O) groups excluding carboxylic acids is 2. The van der Waals surface area contributed by atoms with E-state index in [0.717, 1.165) is 54.7 Å². The minimum absolute atomic E-state index is 0.0843. The minimum Gasteiger partial charge on any atom is -0.369 e. The number of carbonyl (C=O) groups is 2. The van der Waals surface area contributed by atoms with Crippen molar-refractivity contribution in [3.63, 3.8) is 0 Å². The topological polar surface area (TPSA) is 55.9 Å². The number of rotatable bonds is 5. The van der Waals surface area contributed by atoms with Crippen LogP contribution in [0.25, 0.3) is 0 Å². The summed E-state index contributed by atoms with van der Waals surface area (Å²) in [6.45, 7) is 6.65. The molecule has 1 N–H and O–H groups in total. The molecule has 0 unspecified atom stereocenters. The Hall–Kier alpha value is -2.57. The van der Waals surface area contributed by atoms with Crippen molar-refractivity contribution in [2.24, 2.45) is 0 Å². The highest BCUT2D eigenvalue weighted by Gasteiger charge is 2.36. The van der Waals surface area contributed by atoms with Gasteiger partial charge < -0.3 is 10.2 Å². The summed E-state index contributed by atoms with van der Waals surface area (Å²) in [5.41, 5.74) is 3.05. The average molecular weight is 427 g/mol. The lowest BCUT2D eigenvalue weighted by Crippen LogP contribution is -2.51. The molecule has 1 atom stereocenters. The van der Waals surface area contributed by atoms with Gasteiger partial charge in [-0.1, -0.05) is 35.9 Å². The number of halogens is 1. The van der Waals surface area contributed by atoms with E-state index in [2.05, 4.69) is 21.2 Å². The third-order valence-electron chi connectivity index (χ3n) is 5.89. The first-order chi connectivity index (χ1) is 14.5. The van der Waals surface area contributed by atoms with E-state index in [9.17, 15) is 9.59 Å². The van der Waals surface area contributed by atoms with Crippen LogP contribution in [0.15, 0.2) is 48.5 Å². The standard InChI is InChI=1S/C23H27ClN4O2/c1-17(29)28-21-8-3-2-5-18(21)15-22(28)23(30)25-9-10-26-11-13-27(14-12-26)20-7-4-6-19(24)16-20/h2-8,16,22H,9-15H2,1H3,(H,25,30)/t22-/m0/s1. The molecule has 0 radical (unpaired) electrons. The van der Waals surface area contributed by atoms with Crippen LogP contribution in [0.2, 0.25) is 5.02 Å². The van der Waals surface area contributed by atoms with Gasteiger partial charge >= 0.3 is 0 Å². The highest BCUT2D eigenvalue weighted by atomic mass is 35.5. The lowest BCUT2D eigenvalue weighted by atomic mass is 10.1. The van der Waals surface area contributed by atoms with Crippen LogP contribution >= 0.6 is 11.6 Å². The Kier molecular flexibility index (Phi) is 6.25. The van der Waals surface area contributed by atoms with Gasteiger partial charge in [0.25, 0.3) is 0 Å². The fourth-order valence-electron chi connectivity index (χ4n) is 4.34. The Morgan fingerprint density at radius 2 is 1.83 bits per heavy atom. The fourth-order valence-corrected chi connectivity index (χ4v) is 4.53. The smallest absolute Gasteiger partial charge is 0.243 e. The summed E-state index contributed by atoms with van der Waals surface area (Å²) in [7, 11) is 0. The Morgan fingerprint density at radius 1 is 1.07 bits per heavy atom. The Balaban J connectivity index is 1.25. The van der Waals surface area contributed by atoms with Crippen molar-refractivity contribution in [3.8, 4) is 0 Å². The monoisotopic (exact) mass is 426 g/mol. The number of fused-ring (bicyclic) bond motifs is 1. The number of benzene rings is 2. The molecule has 2 amide bonds. The zero-order valence-corrected chi connectivity index (χ0v) is 17.9. The molecule has 158 valence electrons. The van der Waals surface area contributed by atoms with E-state index < -0.39 is 6.04 Å². The van der Waals surface area contributed by atoms with Crippen LogP contribution in [0.1, 0.15) is 12.5 Å². The normalized spacial score (nSPS) is 18.9. The van der Waals surface area contributed by atoms with Crippen LogP contribution in [0, 0.1) is 0 Å². The SMILES string of the molecule is CC(=O)N1c2ccccc2C[C@H]1C(=O)NCCN1CCN(c2cccc(Cl)c2)CC1. The molecule has 0 aliphatic carbocycles. The lowest BCUT2D eigenvalue weighted by molar-refractivity contribution is -0.125. The van der Waals surface area contributed by atoms with Crippen LogP contribution < -0.4 is 15.1 Å². The van der Waals surface area contributed by atoms with E-state index in [1.165, 1.54) is 6.92 Å². The summed E-state index contributed by atoms with van der Waals surface area (Å²) in [5, 5.41) is 3.79. The van der Waals surface area contributed by atoms with E-state index >= 15 is 0 Å². The van der Waals surface area contributed by atoms with E-state index in [1.807, 2.05) is 42.5 Å². The summed E-state index contributed by atoms with van der Waals surface area (Å²) >= 11 is 6.10. The van der Waals surface area contributed by atoms with Crippen molar-refractivity contribution in [1.82, 2.24) is 10.2 Å². The first-order valence-corrected chi connectivity index (χ1v) is 10.8. The van der Waals surface area contributed by atoms with E-state index in [0.29, 0.717) is 13.0 Å². The lowest BCUT2D eigenvalue weighted by Gasteiger charge is -2.36. The molecule has 0 bridgehead atoms. The first-order valence-electron chi connectivity index (χ1n) is 10.4. The molecule has 2 heterocycles. The van der Waals surface area contributed by atoms with Gasteiger partial charge in [-0.3, -0.25) is 19.4 Å². The van der Waals surface area contributed by atoms with Gasteiger partial charge in [0.05, 0.1) is 0 Å². The molecule has 30 heavy (non-hydrogen) atoms. The van der Waals surface area contributed by atoms with Crippen LogP contribution in [0.5, 0.6) is 0 Å². The predicted molar refractivity (Wildman–Crippen MR) is 120 cm³/mol. The quantitative estimate of drug-likeness (QED) is 0.798. The molecular weight excluding hydrogens is 400 g/mol. The predicted octanol–water partition coefficient (Wildman–Crippen LogP) is 2.56. The number of nitrogens with one attached hydrogen (secondary N) is 1. The molecule has 0 saturated carbocycles. The number of hydrogen-bond donors (Lipinski definition) is 1. The van der Waals surface area contributed by atoms with Crippen molar-refractivity contribution in [2.75, 3.05) is 49.1 Å². The molecule has 2 aromatic carbocycles. The Labute approximate surface area is 182 Å². The summed E-state index contributed by atoms with van der Waals surface area (Å²) in [4.78, 5) is 31.2. The Bertz CT molecular complexity index is 927. The molecule has 2 aliphatic heterocycles. The van der Waals surface area contributed by atoms with Crippen molar-refractivity contribution in [2.45, 2.75) is 19.4 Å².